The summed E-state index contributed by atoms with van der Waals surface area (Å²) in [5.74, 6) is 0.254. The van der Waals surface area contributed by atoms with Gasteiger partial charge in [0, 0.05) is 19.0 Å². The highest BCUT2D eigenvalue weighted by Gasteiger charge is 2.24. The standard InChI is InChI=1S/C15H21FN2O/c1-11(13-5-3-4-6-14(13)16)18(2)15(19)9-12-7-8-17-10-12/h3-6,11-12,17H,7-10H2,1-2H3. The molecule has 2 atom stereocenters. The van der Waals surface area contributed by atoms with Crippen LogP contribution in [-0.2, 0) is 4.79 Å². The summed E-state index contributed by atoms with van der Waals surface area (Å²) < 4.78 is 13.7. The van der Waals surface area contributed by atoms with Gasteiger partial charge in [-0.3, -0.25) is 4.79 Å². The van der Waals surface area contributed by atoms with Crippen molar-refractivity contribution in [2.45, 2.75) is 25.8 Å². The van der Waals surface area contributed by atoms with Gasteiger partial charge in [0.15, 0.2) is 0 Å². The predicted molar refractivity (Wildman–Crippen MR) is 73.2 cm³/mol. The second-order valence-electron chi connectivity index (χ2n) is 5.27. The molecule has 2 rings (SSSR count). The highest BCUT2D eigenvalue weighted by Crippen LogP contribution is 2.23. The number of amides is 1. The van der Waals surface area contributed by atoms with E-state index in [2.05, 4.69) is 5.32 Å². The maximum atomic E-state index is 13.7. The Kier molecular flexibility index (Phi) is 4.53. The highest BCUT2D eigenvalue weighted by molar-refractivity contribution is 5.76. The van der Waals surface area contributed by atoms with Crippen molar-refractivity contribution in [3.05, 3.63) is 35.6 Å². The Bertz CT molecular complexity index is 444. The second kappa shape index (κ2) is 6.15. The Morgan fingerprint density at radius 3 is 2.89 bits per heavy atom. The average molecular weight is 264 g/mol. The molecule has 1 aromatic carbocycles. The zero-order valence-electron chi connectivity index (χ0n) is 11.5. The lowest BCUT2D eigenvalue weighted by Gasteiger charge is -2.26. The van der Waals surface area contributed by atoms with Crippen LogP contribution < -0.4 is 5.32 Å². The van der Waals surface area contributed by atoms with Crippen molar-refractivity contribution in [1.82, 2.24) is 10.2 Å². The first kappa shape index (κ1) is 14.0. The van der Waals surface area contributed by atoms with Crippen molar-refractivity contribution >= 4 is 5.91 Å². The van der Waals surface area contributed by atoms with E-state index >= 15 is 0 Å². The van der Waals surface area contributed by atoms with Crippen LogP contribution in [0, 0.1) is 11.7 Å². The van der Waals surface area contributed by atoms with Gasteiger partial charge in [-0.15, -0.1) is 0 Å². The fourth-order valence-electron chi connectivity index (χ4n) is 2.52. The minimum Gasteiger partial charge on any atom is -0.339 e. The predicted octanol–water partition coefficient (Wildman–Crippen LogP) is 2.34. The van der Waals surface area contributed by atoms with E-state index in [1.54, 1.807) is 30.1 Å². The van der Waals surface area contributed by atoms with Gasteiger partial charge in [-0.2, -0.15) is 0 Å². The van der Waals surface area contributed by atoms with Gasteiger partial charge in [-0.05, 0) is 38.4 Å². The van der Waals surface area contributed by atoms with E-state index in [9.17, 15) is 9.18 Å². The van der Waals surface area contributed by atoms with E-state index in [-0.39, 0.29) is 17.8 Å². The first-order valence-electron chi connectivity index (χ1n) is 6.80. The Labute approximate surface area is 113 Å². The number of nitrogens with one attached hydrogen (secondary N) is 1. The maximum Gasteiger partial charge on any atom is 0.223 e. The van der Waals surface area contributed by atoms with Gasteiger partial charge in [0.2, 0.25) is 5.91 Å². The number of halogens is 1. The Morgan fingerprint density at radius 2 is 2.26 bits per heavy atom. The summed E-state index contributed by atoms with van der Waals surface area (Å²) in [4.78, 5) is 13.9. The van der Waals surface area contributed by atoms with Crippen molar-refractivity contribution in [2.24, 2.45) is 5.92 Å². The number of benzene rings is 1. The molecule has 1 aromatic rings. The molecule has 2 unspecified atom stereocenters. The molecule has 0 aromatic heterocycles. The molecule has 0 aliphatic carbocycles. The van der Waals surface area contributed by atoms with E-state index in [1.807, 2.05) is 6.92 Å². The van der Waals surface area contributed by atoms with E-state index in [4.69, 9.17) is 0 Å². The molecule has 1 N–H and O–H groups in total. The number of hydrogen-bond donors (Lipinski definition) is 1. The lowest BCUT2D eigenvalue weighted by molar-refractivity contribution is -0.132. The van der Waals surface area contributed by atoms with Crippen molar-refractivity contribution in [3.8, 4) is 0 Å². The minimum absolute atomic E-state index is 0.0875. The lowest BCUT2D eigenvalue weighted by Crippen LogP contribution is -2.31. The van der Waals surface area contributed by atoms with Gasteiger partial charge < -0.3 is 10.2 Å². The zero-order valence-corrected chi connectivity index (χ0v) is 11.5. The molecule has 1 aliphatic heterocycles. The third-order valence-corrected chi connectivity index (χ3v) is 3.96. The molecule has 4 heteroatoms. The number of hydrogen-bond acceptors (Lipinski definition) is 2. The van der Waals surface area contributed by atoms with Gasteiger partial charge in [0.1, 0.15) is 5.82 Å². The van der Waals surface area contributed by atoms with Crippen molar-refractivity contribution in [1.29, 1.82) is 0 Å². The van der Waals surface area contributed by atoms with E-state index in [0.717, 1.165) is 19.5 Å². The van der Waals surface area contributed by atoms with Gasteiger partial charge in [0.25, 0.3) is 0 Å². The summed E-state index contributed by atoms with van der Waals surface area (Å²) >= 11 is 0. The monoisotopic (exact) mass is 264 g/mol. The van der Waals surface area contributed by atoms with Crippen molar-refractivity contribution in [3.63, 3.8) is 0 Å². The zero-order chi connectivity index (χ0) is 13.8. The summed E-state index contributed by atoms with van der Waals surface area (Å²) in [6.45, 7) is 3.77. The van der Waals surface area contributed by atoms with Crippen LogP contribution in [0.5, 0.6) is 0 Å². The summed E-state index contributed by atoms with van der Waals surface area (Å²) in [7, 11) is 1.75. The molecule has 0 bridgehead atoms. The fraction of sp³-hybridized carbons (Fsp3) is 0.533. The van der Waals surface area contributed by atoms with Crippen molar-refractivity contribution in [2.75, 3.05) is 20.1 Å². The fourth-order valence-corrected chi connectivity index (χ4v) is 2.52. The number of carbonyl (C=O) groups is 1. The van der Waals surface area contributed by atoms with Gasteiger partial charge in [-0.25, -0.2) is 4.39 Å². The summed E-state index contributed by atoms with van der Waals surface area (Å²) in [6, 6.07) is 6.40. The van der Waals surface area contributed by atoms with E-state index in [1.165, 1.54) is 6.07 Å². The average Bonchev–Trinajstić information content (AvgIpc) is 2.90. The SMILES string of the molecule is CC(c1ccccc1F)N(C)C(=O)CC1CCNC1. The van der Waals surface area contributed by atoms with Crippen LogP contribution in [0.3, 0.4) is 0 Å². The molecular weight excluding hydrogens is 243 g/mol. The molecular formula is C15H21FN2O. The van der Waals surface area contributed by atoms with Crippen LogP contribution in [0.1, 0.15) is 31.4 Å². The molecule has 1 aliphatic rings. The number of rotatable bonds is 4. The van der Waals surface area contributed by atoms with Gasteiger partial charge in [0.05, 0.1) is 6.04 Å². The maximum absolute atomic E-state index is 13.7. The van der Waals surface area contributed by atoms with Crippen LogP contribution in [0.15, 0.2) is 24.3 Å². The smallest absolute Gasteiger partial charge is 0.223 e. The Morgan fingerprint density at radius 1 is 1.53 bits per heavy atom. The molecule has 1 amide bonds. The Hall–Kier alpha value is -1.42. The minimum atomic E-state index is -0.253. The van der Waals surface area contributed by atoms with Crippen molar-refractivity contribution < 1.29 is 9.18 Å². The normalized spacial score (nSPS) is 20.3. The molecule has 19 heavy (non-hydrogen) atoms. The summed E-state index contributed by atoms with van der Waals surface area (Å²) in [5, 5.41) is 3.26. The molecule has 0 radical (unpaired) electrons. The second-order valence-corrected chi connectivity index (χ2v) is 5.27. The van der Waals surface area contributed by atoms with Gasteiger partial charge >= 0.3 is 0 Å². The highest BCUT2D eigenvalue weighted by atomic mass is 19.1. The van der Waals surface area contributed by atoms with Crippen LogP contribution in [0.2, 0.25) is 0 Å². The number of nitrogens with zero attached hydrogens (tertiary/aromatic N) is 1. The first-order valence-corrected chi connectivity index (χ1v) is 6.80. The third-order valence-electron chi connectivity index (χ3n) is 3.96. The lowest BCUT2D eigenvalue weighted by atomic mass is 10.0. The van der Waals surface area contributed by atoms with Gasteiger partial charge in [-0.1, -0.05) is 18.2 Å². The molecule has 3 nitrogen and oxygen atoms in total. The van der Waals surface area contributed by atoms with E-state index in [0.29, 0.717) is 17.9 Å². The molecule has 1 saturated heterocycles. The molecule has 0 spiro atoms. The number of carbonyl (C=O) groups excluding carboxylic acids is 1. The summed E-state index contributed by atoms with van der Waals surface area (Å²) in [6.07, 6.45) is 1.59. The molecule has 0 saturated carbocycles. The van der Waals surface area contributed by atoms with Crippen LogP contribution in [0.25, 0.3) is 0 Å². The molecule has 1 heterocycles. The van der Waals surface area contributed by atoms with Crippen LogP contribution >= 0.6 is 0 Å². The largest absolute Gasteiger partial charge is 0.339 e. The first-order chi connectivity index (χ1) is 9.09. The van der Waals surface area contributed by atoms with Crippen LogP contribution in [-0.4, -0.2) is 30.9 Å². The molecule has 104 valence electrons. The topological polar surface area (TPSA) is 32.3 Å². The van der Waals surface area contributed by atoms with E-state index < -0.39 is 0 Å². The summed E-state index contributed by atoms with van der Waals surface area (Å²) in [5.41, 5.74) is 0.572. The molecule has 1 fully saturated rings. The Balaban J connectivity index is 2.00. The quantitative estimate of drug-likeness (QED) is 0.905. The third kappa shape index (κ3) is 3.32. The van der Waals surface area contributed by atoms with Crippen LogP contribution in [0.4, 0.5) is 4.39 Å².